The summed E-state index contributed by atoms with van der Waals surface area (Å²) in [5.74, 6) is -1.15. The summed E-state index contributed by atoms with van der Waals surface area (Å²) in [6.07, 6.45) is -0.464. The Labute approximate surface area is 187 Å². The van der Waals surface area contributed by atoms with Gasteiger partial charge in [-0.05, 0) is 40.8 Å². The number of aliphatic carboxylic acids is 1. The van der Waals surface area contributed by atoms with Crippen molar-refractivity contribution in [2.24, 2.45) is 0 Å². The second kappa shape index (κ2) is 10.1. The van der Waals surface area contributed by atoms with E-state index in [0.717, 1.165) is 27.8 Å². The molecule has 1 amide bonds. The molecule has 3 aromatic carbocycles. The van der Waals surface area contributed by atoms with Crippen LogP contribution in [0.1, 0.15) is 29.0 Å². The van der Waals surface area contributed by atoms with Crippen molar-refractivity contribution in [1.82, 2.24) is 10.6 Å². The van der Waals surface area contributed by atoms with E-state index < -0.39 is 18.1 Å². The van der Waals surface area contributed by atoms with Gasteiger partial charge in [-0.1, -0.05) is 78.9 Å². The van der Waals surface area contributed by atoms with Crippen molar-refractivity contribution in [3.8, 4) is 11.1 Å². The van der Waals surface area contributed by atoms with E-state index >= 15 is 0 Å². The molecule has 0 radical (unpaired) electrons. The molecule has 6 nitrogen and oxygen atoms in total. The average molecular weight is 431 g/mol. The fourth-order valence-electron chi connectivity index (χ4n) is 4.11. The smallest absolute Gasteiger partial charge is 0.407 e. The van der Waals surface area contributed by atoms with Gasteiger partial charge in [0.05, 0.1) is 0 Å². The first-order valence-corrected chi connectivity index (χ1v) is 10.7. The lowest BCUT2D eigenvalue weighted by molar-refractivity contribution is -0.139. The average Bonchev–Trinajstić information content (AvgIpc) is 3.14. The molecule has 1 atom stereocenters. The first-order valence-electron chi connectivity index (χ1n) is 10.7. The van der Waals surface area contributed by atoms with Crippen LogP contribution >= 0.6 is 0 Å². The highest BCUT2D eigenvalue weighted by Gasteiger charge is 2.29. The maximum absolute atomic E-state index is 12.4. The topological polar surface area (TPSA) is 87.7 Å². The van der Waals surface area contributed by atoms with Crippen LogP contribution in [0.3, 0.4) is 0 Å². The molecule has 1 aliphatic rings. The fraction of sp³-hybridized carbons (Fsp3) is 0.231. The summed E-state index contributed by atoms with van der Waals surface area (Å²) in [4.78, 5) is 24.0. The number of fused-ring (bicyclic) bond motifs is 3. The molecule has 32 heavy (non-hydrogen) atoms. The second-order valence-corrected chi connectivity index (χ2v) is 7.81. The van der Waals surface area contributed by atoms with Gasteiger partial charge in [-0.2, -0.15) is 0 Å². The Hall–Kier alpha value is -3.64. The summed E-state index contributed by atoms with van der Waals surface area (Å²) in [6.45, 7) is 1.24. The molecule has 0 aromatic heterocycles. The summed E-state index contributed by atoms with van der Waals surface area (Å²) >= 11 is 0. The predicted octanol–water partition coefficient (Wildman–Crippen LogP) is 4.16. The molecule has 164 valence electrons. The van der Waals surface area contributed by atoms with Crippen LogP contribution in [0.4, 0.5) is 4.79 Å². The van der Waals surface area contributed by atoms with Gasteiger partial charge in [-0.25, -0.2) is 9.59 Å². The number of carboxylic acids is 1. The molecular weight excluding hydrogens is 404 g/mol. The summed E-state index contributed by atoms with van der Waals surface area (Å²) < 4.78 is 5.46. The number of amides is 1. The van der Waals surface area contributed by atoms with Crippen LogP contribution in [0.25, 0.3) is 11.1 Å². The van der Waals surface area contributed by atoms with Crippen molar-refractivity contribution in [3.05, 3.63) is 95.6 Å². The number of carbonyl (C=O) groups excluding carboxylic acids is 1. The van der Waals surface area contributed by atoms with Crippen LogP contribution in [0.2, 0.25) is 0 Å². The Morgan fingerprint density at radius 2 is 1.47 bits per heavy atom. The number of rotatable bonds is 9. The van der Waals surface area contributed by atoms with E-state index in [-0.39, 0.29) is 18.9 Å². The van der Waals surface area contributed by atoms with Gasteiger partial charge in [-0.15, -0.1) is 0 Å². The van der Waals surface area contributed by atoms with Gasteiger partial charge in [0.15, 0.2) is 0 Å². The largest absolute Gasteiger partial charge is 0.480 e. The number of alkyl carbamates (subject to hydrolysis) is 1. The third-order valence-electron chi connectivity index (χ3n) is 5.72. The molecule has 0 saturated carbocycles. The van der Waals surface area contributed by atoms with Crippen LogP contribution in [0.15, 0.2) is 78.9 Å². The van der Waals surface area contributed by atoms with E-state index in [2.05, 4.69) is 22.8 Å². The van der Waals surface area contributed by atoms with Crippen LogP contribution in [0, 0.1) is 0 Å². The van der Waals surface area contributed by atoms with Crippen molar-refractivity contribution in [2.75, 3.05) is 13.2 Å². The van der Waals surface area contributed by atoms with Gasteiger partial charge in [0.25, 0.3) is 0 Å². The molecule has 0 bridgehead atoms. The lowest BCUT2D eigenvalue weighted by atomic mass is 9.98. The van der Waals surface area contributed by atoms with Crippen molar-refractivity contribution in [2.45, 2.75) is 24.9 Å². The van der Waals surface area contributed by atoms with E-state index in [1.165, 1.54) is 0 Å². The zero-order valence-electron chi connectivity index (χ0n) is 17.7. The molecule has 3 aromatic rings. The van der Waals surface area contributed by atoms with Crippen molar-refractivity contribution in [1.29, 1.82) is 0 Å². The summed E-state index contributed by atoms with van der Waals surface area (Å²) in [5.41, 5.74) is 5.63. The number of benzene rings is 3. The van der Waals surface area contributed by atoms with E-state index in [9.17, 15) is 14.7 Å². The normalized spacial score (nSPS) is 13.1. The van der Waals surface area contributed by atoms with Gasteiger partial charge in [0.1, 0.15) is 12.6 Å². The number of carbonyl (C=O) groups is 2. The number of carboxylic acid groups (broad SMARTS) is 1. The number of nitrogens with one attached hydrogen (secondary N) is 2. The van der Waals surface area contributed by atoms with Gasteiger partial charge in [0, 0.05) is 12.5 Å². The Bertz CT molecular complexity index is 1040. The molecule has 1 unspecified atom stereocenters. The van der Waals surface area contributed by atoms with Gasteiger partial charge < -0.3 is 20.5 Å². The van der Waals surface area contributed by atoms with Gasteiger partial charge >= 0.3 is 12.1 Å². The minimum Gasteiger partial charge on any atom is -0.480 e. The van der Waals surface area contributed by atoms with Crippen LogP contribution < -0.4 is 10.6 Å². The molecule has 0 fully saturated rings. The monoisotopic (exact) mass is 430 g/mol. The maximum Gasteiger partial charge on any atom is 0.407 e. The highest BCUT2D eigenvalue weighted by molar-refractivity contribution is 5.81. The molecule has 0 heterocycles. The van der Waals surface area contributed by atoms with E-state index in [1.807, 2.05) is 66.7 Å². The Morgan fingerprint density at radius 1 is 0.875 bits per heavy atom. The lowest BCUT2D eigenvalue weighted by Crippen LogP contribution is -2.43. The number of hydrogen-bond donors (Lipinski definition) is 3. The third kappa shape index (κ3) is 4.98. The Morgan fingerprint density at radius 3 is 2.09 bits per heavy atom. The van der Waals surface area contributed by atoms with Crippen LogP contribution in [-0.2, 0) is 16.1 Å². The molecule has 6 heteroatoms. The van der Waals surface area contributed by atoms with E-state index in [4.69, 9.17) is 4.74 Å². The summed E-state index contributed by atoms with van der Waals surface area (Å²) in [7, 11) is 0. The second-order valence-electron chi connectivity index (χ2n) is 7.81. The SMILES string of the molecule is O=C(NC(CCNCc1ccccc1)C(=O)O)OCC1c2ccccc2-c2ccccc21. The highest BCUT2D eigenvalue weighted by Crippen LogP contribution is 2.44. The van der Waals surface area contributed by atoms with Crippen molar-refractivity contribution < 1.29 is 19.4 Å². The zero-order chi connectivity index (χ0) is 22.3. The summed E-state index contributed by atoms with van der Waals surface area (Å²) in [5, 5.41) is 15.2. The number of hydrogen-bond acceptors (Lipinski definition) is 4. The molecule has 1 aliphatic carbocycles. The number of ether oxygens (including phenoxy) is 1. The molecule has 0 saturated heterocycles. The Kier molecular flexibility index (Phi) is 6.82. The zero-order valence-corrected chi connectivity index (χ0v) is 17.7. The predicted molar refractivity (Wildman–Crippen MR) is 122 cm³/mol. The first kappa shape index (κ1) is 21.6. The molecule has 3 N–H and O–H groups in total. The van der Waals surface area contributed by atoms with Gasteiger partial charge in [-0.3, -0.25) is 0 Å². The molecule has 0 aliphatic heterocycles. The third-order valence-corrected chi connectivity index (χ3v) is 5.72. The van der Waals surface area contributed by atoms with Crippen molar-refractivity contribution >= 4 is 12.1 Å². The summed E-state index contributed by atoms with van der Waals surface area (Å²) in [6, 6.07) is 25.0. The molecular formula is C26H26N2O4. The minimum absolute atomic E-state index is 0.0658. The minimum atomic E-state index is -1.08. The van der Waals surface area contributed by atoms with Crippen molar-refractivity contribution in [3.63, 3.8) is 0 Å². The molecule has 0 spiro atoms. The van der Waals surface area contributed by atoms with Gasteiger partial charge in [0.2, 0.25) is 0 Å². The maximum atomic E-state index is 12.4. The first-order chi connectivity index (χ1) is 15.6. The molecule has 4 rings (SSSR count). The van der Waals surface area contributed by atoms with Crippen LogP contribution in [-0.4, -0.2) is 36.4 Å². The lowest BCUT2D eigenvalue weighted by Gasteiger charge is -2.17. The van der Waals surface area contributed by atoms with Crippen LogP contribution in [0.5, 0.6) is 0 Å². The van der Waals surface area contributed by atoms with E-state index in [0.29, 0.717) is 13.1 Å². The Balaban J connectivity index is 1.30. The fourth-order valence-corrected chi connectivity index (χ4v) is 4.11. The highest BCUT2D eigenvalue weighted by atomic mass is 16.5. The standard InChI is InChI=1S/C26H26N2O4/c29-25(30)24(14-15-27-16-18-8-2-1-3-9-18)28-26(31)32-17-23-21-12-6-4-10-19(21)20-11-5-7-13-22(20)23/h1-13,23-24,27H,14-17H2,(H,28,31)(H,29,30). The van der Waals surface area contributed by atoms with E-state index in [1.54, 1.807) is 0 Å². The quantitative estimate of drug-likeness (QED) is 0.444.